The number of nitrogens with zero attached hydrogens (tertiary/aromatic N) is 1. The van der Waals surface area contributed by atoms with Gasteiger partial charge in [0, 0.05) is 11.4 Å². The van der Waals surface area contributed by atoms with Crippen molar-refractivity contribution >= 4 is 21.9 Å². The molecule has 0 saturated carbocycles. The first-order valence-electron chi connectivity index (χ1n) is 3.91. The average Bonchev–Trinajstić information content (AvgIpc) is 2.27. The van der Waals surface area contributed by atoms with Crippen molar-refractivity contribution in [2.45, 2.75) is 5.33 Å². The molecule has 5 heteroatoms. The van der Waals surface area contributed by atoms with Crippen molar-refractivity contribution in [1.29, 1.82) is 0 Å². The molecule has 0 aromatic carbocycles. The van der Waals surface area contributed by atoms with Gasteiger partial charge in [-0.3, -0.25) is 0 Å². The number of methoxy groups -OCH3 is 2. The summed E-state index contributed by atoms with van der Waals surface area (Å²) in [5.74, 6) is 0.0849. The van der Waals surface area contributed by atoms with E-state index in [9.17, 15) is 4.79 Å². The fourth-order valence-corrected chi connectivity index (χ4v) is 1.42. The maximum absolute atomic E-state index is 11.3. The monoisotopic (exact) mass is 259 g/mol. The first kappa shape index (κ1) is 11.0. The van der Waals surface area contributed by atoms with Gasteiger partial charge in [-0.25, -0.2) is 9.78 Å². The van der Waals surface area contributed by atoms with Crippen LogP contribution < -0.4 is 4.74 Å². The van der Waals surface area contributed by atoms with Crippen LogP contribution in [0.25, 0.3) is 0 Å². The lowest BCUT2D eigenvalue weighted by atomic mass is 10.2. The van der Waals surface area contributed by atoms with Gasteiger partial charge in [-0.1, -0.05) is 15.9 Å². The molecule has 0 unspecified atom stereocenters. The highest BCUT2D eigenvalue weighted by atomic mass is 79.9. The Morgan fingerprint density at radius 3 is 2.71 bits per heavy atom. The number of halogens is 1. The standard InChI is InChI=1S/C9H10BrNO3/c1-13-8-4-3-6(9(12)14-2)7(5-10)11-8/h3-4H,5H2,1-2H3. The molecule has 1 heterocycles. The van der Waals surface area contributed by atoms with Crippen molar-refractivity contribution in [3.63, 3.8) is 0 Å². The molecule has 0 saturated heterocycles. The largest absolute Gasteiger partial charge is 0.481 e. The lowest BCUT2D eigenvalue weighted by Crippen LogP contribution is -2.07. The number of carbonyl (C=O) groups is 1. The van der Waals surface area contributed by atoms with Gasteiger partial charge in [-0.2, -0.15) is 0 Å². The Bertz CT molecular complexity index is 341. The average molecular weight is 260 g/mol. The molecule has 0 aliphatic heterocycles. The van der Waals surface area contributed by atoms with Crippen molar-refractivity contribution in [3.8, 4) is 5.88 Å². The summed E-state index contributed by atoms with van der Waals surface area (Å²) in [6.45, 7) is 0. The van der Waals surface area contributed by atoms with Crippen LogP contribution in [0.5, 0.6) is 5.88 Å². The molecular weight excluding hydrogens is 250 g/mol. The summed E-state index contributed by atoms with van der Waals surface area (Å²) in [7, 11) is 2.86. The maximum Gasteiger partial charge on any atom is 0.339 e. The van der Waals surface area contributed by atoms with Crippen LogP contribution in [0.3, 0.4) is 0 Å². The van der Waals surface area contributed by atoms with E-state index in [1.165, 1.54) is 14.2 Å². The Kier molecular flexibility index (Phi) is 3.88. The van der Waals surface area contributed by atoms with Gasteiger partial charge in [0.15, 0.2) is 0 Å². The minimum atomic E-state index is -0.394. The minimum absolute atomic E-state index is 0.394. The number of pyridine rings is 1. The van der Waals surface area contributed by atoms with E-state index in [0.717, 1.165) is 0 Å². The topological polar surface area (TPSA) is 48.4 Å². The smallest absolute Gasteiger partial charge is 0.339 e. The second-order valence-corrected chi connectivity index (χ2v) is 3.03. The lowest BCUT2D eigenvalue weighted by molar-refractivity contribution is 0.0599. The van der Waals surface area contributed by atoms with Crippen molar-refractivity contribution in [2.75, 3.05) is 14.2 Å². The highest BCUT2D eigenvalue weighted by Gasteiger charge is 2.12. The number of esters is 1. The number of hydrogen-bond acceptors (Lipinski definition) is 4. The maximum atomic E-state index is 11.3. The molecule has 1 aromatic rings. The van der Waals surface area contributed by atoms with E-state index >= 15 is 0 Å². The second-order valence-electron chi connectivity index (χ2n) is 2.47. The summed E-state index contributed by atoms with van der Waals surface area (Å²) in [5, 5.41) is 0.481. The molecule has 0 aliphatic rings. The van der Waals surface area contributed by atoms with E-state index in [1.54, 1.807) is 12.1 Å². The molecule has 0 aliphatic carbocycles. The molecule has 0 spiro atoms. The molecule has 1 aromatic heterocycles. The van der Waals surface area contributed by atoms with E-state index in [-0.39, 0.29) is 0 Å². The van der Waals surface area contributed by atoms with Gasteiger partial charge < -0.3 is 9.47 Å². The highest BCUT2D eigenvalue weighted by Crippen LogP contribution is 2.16. The van der Waals surface area contributed by atoms with Gasteiger partial charge in [0.1, 0.15) is 0 Å². The lowest BCUT2D eigenvalue weighted by Gasteiger charge is -2.06. The summed E-state index contributed by atoms with van der Waals surface area (Å²) < 4.78 is 9.55. The zero-order valence-electron chi connectivity index (χ0n) is 7.91. The van der Waals surface area contributed by atoms with Gasteiger partial charge in [-0.05, 0) is 6.07 Å². The van der Waals surface area contributed by atoms with E-state index in [4.69, 9.17) is 4.74 Å². The predicted molar refractivity (Wildman–Crippen MR) is 54.8 cm³/mol. The SMILES string of the molecule is COC(=O)c1ccc(OC)nc1CBr. The molecule has 14 heavy (non-hydrogen) atoms. The van der Waals surface area contributed by atoms with Gasteiger partial charge in [0.05, 0.1) is 25.5 Å². The molecule has 0 bridgehead atoms. The third kappa shape index (κ3) is 2.23. The molecule has 4 nitrogen and oxygen atoms in total. The Balaban J connectivity index is 3.11. The van der Waals surface area contributed by atoms with Crippen molar-refractivity contribution < 1.29 is 14.3 Å². The number of alkyl halides is 1. The molecular formula is C9H10BrNO3. The first-order chi connectivity index (χ1) is 6.72. The number of hydrogen-bond donors (Lipinski definition) is 0. The summed E-state index contributed by atoms with van der Waals surface area (Å²) >= 11 is 3.24. The van der Waals surface area contributed by atoms with Crippen LogP contribution in [0.4, 0.5) is 0 Å². The van der Waals surface area contributed by atoms with Crippen LogP contribution in [0.15, 0.2) is 12.1 Å². The predicted octanol–water partition coefficient (Wildman–Crippen LogP) is 1.77. The minimum Gasteiger partial charge on any atom is -0.481 e. The van der Waals surface area contributed by atoms with Crippen LogP contribution >= 0.6 is 15.9 Å². The third-order valence-electron chi connectivity index (χ3n) is 1.69. The van der Waals surface area contributed by atoms with Gasteiger partial charge in [0.25, 0.3) is 0 Å². The van der Waals surface area contributed by atoms with Crippen LogP contribution in [-0.4, -0.2) is 25.2 Å². The molecule has 0 radical (unpaired) electrons. The summed E-state index contributed by atoms with van der Waals surface area (Å²) in [4.78, 5) is 15.4. The van der Waals surface area contributed by atoms with E-state index in [0.29, 0.717) is 22.5 Å². The Hall–Kier alpha value is -1.10. The number of rotatable bonds is 3. The number of carbonyl (C=O) groups excluding carboxylic acids is 1. The third-order valence-corrected chi connectivity index (χ3v) is 2.22. The van der Waals surface area contributed by atoms with Crippen molar-refractivity contribution in [2.24, 2.45) is 0 Å². The Morgan fingerprint density at radius 1 is 1.50 bits per heavy atom. The zero-order chi connectivity index (χ0) is 10.6. The van der Waals surface area contributed by atoms with Crippen molar-refractivity contribution in [1.82, 2.24) is 4.98 Å². The fraction of sp³-hybridized carbons (Fsp3) is 0.333. The van der Waals surface area contributed by atoms with Crippen LogP contribution in [0.1, 0.15) is 16.1 Å². The molecule has 0 atom stereocenters. The number of aromatic nitrogens is 1. The van der Waals surface area contributed by atoms with Gasteiger partial charge in [-0.15, -0.1) is 0 Å². The first-order valence-corrected chi connectivity index (χ1v) is 5.03. The quantitative estimate of drug-likeness (QED) is 0.613. The molecule has 0 amide bonds. The highest BCUT2D eigenvalue weighted by molar-refractivity contribution is 9.08. The summed E-state index contributed by atoms with van der Waals surface area (Å²) in [5.41, 5.74) is 1.06. The molecule has 0 N–H and O–H groups in total. The van der Waals surface area contributed by atoms with E-state index in [2.05, 4.69) is 25.7 Å². The van der Waals surface area contributed by atoms with Crippen molar-refractivity contribution in [3.05, 3.63) is 23.4 Å². The van der Waals surface area contributed by atoms with E-state index in [1.807, 2.05) is 0 Å². The van der Waals surface area contributed by atoms with Crippen LogP contribution in [0.2, 0.25) is 0 Å². The molecule has 1 rings (SSSR count). The molecule has 76 valence electrons. The molecule has 0 fully saturated rings. The van der Waals surface area contributed by atoms with Gasteiger partial charge in [0.2, 0.25) is 5.88 Å². The second kappa shape index (κ2) is 4.95. The Labute approximate surface area is 90.4 Å². The zero-order valence-corrected chi connectivity index (χ0v) is 9.50. The summed E-state index contributed by atoms with van der Waals surface area (Å²) in [6, 6.07) is 3.26. The summed E-state index contributed by atoms with van der Waals surface area (Å²) in [6.07, 6.45) is 0. The van der Waals surface area contributed by atoms with Gasteiger partial charge >= 0.3 is 5.97 Å². The van der Waals surface area contributed by atoms with E-state index < -0.39 is 5.97 Å². The normalized spacial score (nSPS) is 9.64. The fourth-order valence-electron chi connectivity index (χ4n) is 0.993. The van der Waals surface area contributed by atoms with Crippen LogP contribution in [-0.2, 0) is 10.1 Å². The van der Waals surface area contributed by atoms with Crippen LogP contribution in [0, 0.1) is 0 Å². The number of ether oxygens (including phenoxy) is 2. The Morgan fingerprint density at radius 2 is 2.21 bits per heavy atom.